The van der Waals surface area contributed by atoms with Crippen molar-refractivity contribution < 1.29 is 24.1 Å². The molecule has 11 heteroatoms. The van der Waals surface area contributed by atoms with Crippen LogP contribution in [0.25, 0.3) is 11.2 Å². The maximum Gasteiger partial charge on any atom is 0.167 e. The van der Waals surface area contributed by atoms with E-state index < -0.39 is 35.6 Å². The van der Waals surface area contributed by atoms with Crippen LogP contribution >= 0.6 is 0 Å². The van der Waals surface area contributed by atoms with Gasteiger partial charge in [0.05, 0.1) is 33.2 Å². The van der Waals surface area contributed by atoms with Gasteiger partial charge in [-0.3, -0.25) is 9.47 Å². The van der Waals surface area contributed by atoms with Gasteiger partial charge in [0.15, 0.2) is 23.2 Å². The molecule has 1 saturated heterocycles. The monoisotopic (exact) mass is 838 g/mol. The van der Waals surface area contributed by atoms with Crippen LogP contribution < -0.4 is 14.8 Å². The fourth-order valence-electron chi connectivity index (χ4n) is 9.03. The molecule has 11 nitrogen and oxygen atoms in total. The first-order chi connectivity index (χ1) is 30.9. The van der Waals surface area contributed by atoms with Gasteiger partial charge in [0.25, 0.3) is 0 Å². The van der Waals surface area contributed by atoms with E-state index in [0.717, 1.165) is 44.9 Å². The second-order valence-electron chi connectivity index (χ2n) is 15.8. The van der Waals surface area contributed by atoms with Gasteiger partial charge >= 0.3 is 0 Å². The number of ether oxygens (including phenoxy) is 4. The third kappa shape index (κ3) is 7.59. The highest BCUT2D eigenvalue weighted by Gasteiger charge is 2.49. The predicted molar refractivity (Wildman–Crippen MR) is 244 cm³/mol. The molecule has 2 aromatic heterocycles. The molecule has 0 amide bonds. The van der Waals surface area contributed by atoms with Gasteiger partial charge in [-0.15, -0.1) is 0 Å². The average Bonchev–Trinajstić information content (AvgIpc) is 3.93. The molecule has 0 aliphatic carbocycles. The second kappa shape index (κ2) is 17.8. The second-order valence-corrected chi connectivity index (χ2v) is 15.8. The molecule has 0 spiro atoms. The highest BCUT2D eigenvalue weighted by Crippen LogP contribution is 2.44. The third-order valence-corrected chi connectivity index (χ3v) is 12.1. The zero-order valence-electron chi connectivity index (χ0n) is 35.7. The van der Waals surface area contributed by atoms with Gasteiger partial charge in [0, 0.05) is 0 Å². The summed E-state index contributed by atoms with van der Waals surface area (Å²) >= 11 is 0. The van der Waals surface area contributed by atoms with Gasteiger partial charge in [-0.25, -0.2) is 15.0 Å². The van der Waals surface area contributed by atoms with E-state index >= 15 is 0 Å². The SMILES string of the molecule is COc1ccc(C(Nc2ncnc3c2ncn3[C@@H]2O[C@H](COC(c3ccccc3)(c3ccccc3)c3ccc(OC)cc3)[C@@H](O)[C@H]2N(C)C)(c2ccccc2)c2ccccc2)cc1. The lowest BCUT2D eigenvalue weighted by Gasteiger charge is -2.37. The summed E-state index contributed by atoms with van der Waals surface area (Å²) in [5.41, 5.74) is 4.89. The Morgan fingerprint density at radius 1 is 0.619 bits per heavy atom. The van der Waals surface area contributed by atoms with Crippen molar-refractivity contribution in [2.24, 2.45) is 0 Å². The first-order valence-corrected chi connectivity index (χ1v) is 21.0. The van der Waals surface area contributed by atoms with Crippen molar-refractivity contribution in [3.63, 3.8) is 0 Å². The molecule has 1 fully saturated rings. The number of aliphatic hydroxyl groups excluding tert-OH is 1. The van der Waals surface area contributed by atoms with Crippen molar-refractivity contribution in [2.45, 2.75) is 35.6 Å². The standard InChI is InChI=1S/C52H50N6O5/c1-57(2)46-47(59)44(33-62-52(39-21-13-7-14-22-39,40-23-15-8-16-24-40)41-27-31-43(61-4)32-28-41)63-50(46)58-35-55-45-48(53-34-54-49(45)58)56-51(36-17-9-5-10-18-36,37-19-11-6-12-20-37)38-25-29-42(60-3)30-26-38/h5-32,34-35,44,46-47,50,59H,33H2,1-4H3,(H,53,54,56)/t44-,46-,47-,50-/m1/s1. The van der Waals surface area contributed by atoms with Crippen molar-refractivity contribution in [1.82, 2.24) is 24.4 Å². The first-order valence-electron chi connectivity index (χ1n) is 21.0. The molecule has 4 atom stereocenters. The summed E-state index contributed by atoms with van der Waals surface area (Å²) in [7, 11) is 7.19. The number of imidazole rings is 1. The number of aromatic nitrogens is 4. The Morgan fingerprint density at radius 3 is 1.57 bits per heavy atom. The number of nitrogens with one attached hydrogen (secondary N) is 1. The minimum absolute atomic E-state index is 0.0603. The maximum atomic E-state index is 12.2. The summed E-state index contributed by atoms with van der Waals surface area (Å²) in [6.45, 7) is 0.0603. The summed E-state index contributed by atoms with van der Waals surface area (Å²) in [4.78, 5) is 16.5. The highest BCUT2D eigenvalue weighted by molar-refractivity contribution is 5.84. The molecule has 1 aliphatic rings. The quantitative estimate of drug-likeness (QED) is 0.0976. The van der Waals surface area contributed by atoms with E-state index in [1.165, 1.54) is 6.33 Å². The smallest absolute Gasteiger partial charge is 0.167 e. The van der Waals surface area contributed by atoms with Gasteiger partial charge in [0.2, 0.25) is 0 Å². The van der Waals surface area contributed by atoms with Crippen LogP contribution in [-0.2, 0) is 20.6 Å². The molecule has 9 rings (SSSR count). The maximum absolute atomic E-state index is 12.2. The molecule has 0 saturated carbocycles. The van der Waals surface area contributed by atoms with Crippen LogP contribution in [0.1, 0.15) is 39.6 Å². The van der Waals surface area contributed by atoms with Crippen LogP contribution in [0.15, 0.2) is 183 Å². The summed E-state index contributed by atoms with van der Waals surface area (Å²) in [5.74, 6) is 2.01. The molecule has 2 N–H and O–H groups in total. The summed E-state index contributed by atoms with van der Waals surface area (Å²) < 4.78 is 27.1. The normalized spacial score (nSPS) is 17.8. The van der Waals surface area contributed by atoms with Gasteiger partial charge in [-0.1, -0.05) is 146 Å². The molecule has 3 heterocycles. The molecule has 6 aromatic carbocycles. The number of rotatable bonds is 15. The van der Waals surface area contributed by atoms with E-state index in [4.69, 9.17) is 33.9 Å². The largest absolute Gasteiger partial charge is 0.497 e. The van der Waals surface area contributed by atoms with E-state index in [9.17, 15) is 5.11 Å². The molecule has 0 unspecified atom stereocenters. The number of fused-ring (bicyclic) bond motifs is 1. The van der Waals surface area contributed by atoms with Gasteiger partial charge < -0.3 is 29.4 Å². The Bertz CT molecular complexity index is 2640. The van der Waals surface area contributed by atoms with E-state index in [1.54, 1.807) is 20.5 Å². The topological polar surface area (TPSA) is 116 Å². The average molecular weight is 839 g/mol. The summed E-state index contributed by atoms with van der Waals surface area (Å²) in [6, 6.07) is 56.4. The predicted octanol–water partition coefficient (Wildman–Crippen LogP) is 8.44. The van der Waals surface area contributed by atoms with Crippen LogP contribution in [-0.4, -0.2) is 82.7 Å². The van der Waals surface area contributed by atoms with E-state index in [0.29, 0.717) is 17.0 Å². The van der Waals surface area contributed by atoms with Crippen LogP contribution in [0.4, 0.5) is 5.82 Å². The van der Waals surface area contributed by atoms with E-state index in [-0.39, 0.29) is 6.61 Å². The lowest BCUT2D eigenvalue weighted by Crippen LogP contribution is -2.44. The molecular formula is C52H50N6O5. The van der Waals surface area contributed by atoms with Crippen LogP contribution in [0.5, 0.6) is 11.5 Å². The minimum atomic E-state index is -1.05. The van der Waals surface area contributed by atoms with Gasteiger partial charge in [0.1, 0.15) is 41.2 Å². The zero-order chi connectivity index (χ0) is 43.4. The molecule has 0 radical (unpaired) electrons. The van der Waals surface area contributed by atoms with E-state index in [2.05, 4.69) is 66.0 Å². The molecule has 63 heavy (non-hydrogen) atoms. The number of nitrogens with zero attached hydrogens (tertiary/aromatic N) is 5. The molecule has 318 valence electrons. The number of hydrogen-bond acceptors (Lipinski definition) is 10. The van der Waals surface area contributed by atoms with Gasteiger partial charge in [-0.2, -0.15) is 0 Å². The Balaban J connectivity index is 1.10. The minimum Gasteiger partial charge on any atom is -0.497 e. The van der Waals surface area contributed by atoms with E-state index in [1.807, 2.05) is 133 Å². The molecule has 1 aliphatic heterocycles. The van der Waals surface area contributed by atoms with Gasteiger partial charge in [-0.05, 0) is 71.7 Å². The van der Waals surface area contributed by atoms with Crippen molar-refractivity contribution in [3.8, 4) is 11.5 Å². The number of methoxy groups -OCH3 is 2. The van der Waals surface area contributed by atoms with Crippen LogP contribution in [0, 0.1) is 0 Å². The molecule has 0 bridgehead atoms. The summed E-state index contributed by atoms with van der Waals surface area (Å²) in [6.07, 6.45) is 0.896. The lowest BCUT2D eigenvalue weighted by molar-refractivity contribution is -0.0935. The van der Waals surface area contributed by atoms with Crippen LogP contribution in [0.3, 0.4) is 0 Å². The van der Waals surface area contributed by atoms with Crippen molar-refractivity contribution >= 4 is 17.0 Å². The fraction of sp³-hybridized carbons (Fsp3) is 0.212. The van der Waals surface area contributed by atoms with Crippen molar-refractivity contribution in [2.75, 3.05) is 40.2 Å². The molecule has 8 aromatic rings. The zero-order valence-corrected chi connectivity index (χ0v) is 35.7. The Hall–Kier alpha value is -6.89. The molecular weight excluding hydrogens is 789 g/mol. The number of aliphatic hydroxyl groups is 1. The number of likely N-dealkylation sites (N-methyl/N-ethyl adjacent to an activating group) is 1. The number of anilines is 1. The summed E-state index contributed by atoms with van der Waals surface area (Å²) in [5, 5.41) is 16.1. The highest BCUT2D eigenvalue weighted by atomic mass is 16.6. The fourth-order valence-corrected chi connectivity index (χ4v) is 9.03. The number of benzene rings is 6. The van der Waals surface area contributed by atoms with Crippen molar-refractivity contribution in [1.29, 1.82) is 0 Å². The van der Waals surface area contributed by atoms with Crippen molar-refractivity contribution in [3.05, 3.63) is 216 Å². The Labute approximate surface area is 367 Å². The number of hydrogen-bond donors (Lipinski definition) is 2. The Kier molecular flexibility index (Phi) is 11.7. The van der Waals surface area contributed by atoms with Crippen LogP contribution in [0.2, 0.25) is 0 Å². The third-order valence-electron chi connectivity index (χ3n) is 12.1. The lowest BCUT2D eigenvalue weighted by atomic mass is 9.77. The Morgan fingerprint density at radius 2 is 1.08 bits per heavy atom. The first kappa shape index (κ1) is 41.5.